The topological polar surface area (TPSA) is 462 Å². The summed E-state index contributed by atoms with van der Waals surface area (Å²) in [6.45, 7) is 0.116. The lowest BCUT2D eigenvalue weighted by molar-refractivity contribution is -0.137. The molecule has 392 valence electrons. The summed E-state index contributed by atoms with van der Waals surface area (Å²) in [5, 5.41) is 66.2. The van der Waals surface area contributed by atoms with Gasteiger partial charge in [-0.15, -0.1) is 0 Å². The number of imidazole rings is 1. The highest BCUT2D eigenvalue weighted by Gasteiger charge is 2.51. The number of ether oxygens (including phenoxy) is 1. The van der Waals surface area contributed by atoms with Crippen LogP contribution in [0.4, 0.5) is 5.82 Å². The van der Waals surface area contributed by atoms with Crippen LogP contribution in [0.2, 0.25) is 0 Å². The second-order valence-corrected chi connectivity index (χ2v) is 20.7. The molecule has 0 bridgehead atoms. The van der Waals surface area contributed by atoms with Crippen molar-refractivity contribution in [3.63, 3.8) is 0 Å². The van der Waals surface area contributed by atoms with Crippen LogP contribution in [0.15, 0.2) is 48.6 Å². The van der Waals surface area contributed by atoms with E-state index < -0.39 is 148 Å². The van der Waals surface area contributed by atoms with E-state index in [4.69, 9.17) is 24.0 Å². The first-order valence-corrected chi connectivity index (χ1v) is 25.8. The molecule has 14 N–H and O–H groups in total. The van der Waals surface area contributed by atoms with E-state index in [0.29, 0.717) is 10.3 Å². The van der Waals surface area contributed by atoms with Crippen molar-refractivity contribution in [3.05, 3.63) is 71.3 Å². The maximum atomic E-state index is 13.9. The van der Waals surface area contributed by atoms with Crippen molar-refractivity contribution in [3.8, 4) is 23.0 Å². The van der Waals surface area contributed by atoms with E-state index >= 15 is 0 Å². The van der Waals surface area contributed by atoms with Crippen molar-refractivity contribution in [2.24, 2.45) is 5.41 Å². The van der Waals surface area contributed by atoms with Crippen molar-refractivity contribution in [2.45, 2.75) is 50.9 Å². The SMILES string of the molecule is CC(C)(COP(=O)(O)OP(=O)(O)OC[C@H]1O[C@@H](n2c(C(=O)/C=C/c3ccc(O)c(O)c3)nc3c(N)nc(C(=O)/C=C/c4ccc(O)c(O)c4)nc32)[C@H](O)[C@@H]1OP(=O)(O)O)[C@@H](O)C(=O)NCCC(=O)NCCS. The summed E-state index contributed by atoms with van der Waals surface area (Å²) in [5.41, 5.74) is 3.89. The first-order chi connectivity index (χ1) is 33.5. The number of aromatic nitrogens is 4. The molecule has 7 atom stereocenters. The number of aliphatic hydroxyl groups excluding tert-OH is 2. The van der Waals surface area contributed by atoms with E-state index in [1.54, 1.807) is 0 Å². The van der Waals surface area contributed by atoms with E-state index in [0.717, 1.165) is 42.5 Å². The smallest absolute Gasteiger partial charge is 0.481 e. The lowest BCUT2D eigenvalue weighted by atomic mass is 9.87. The number of benzene rings is 2. The number of anilines is 1. The van der Waals surface area contributed by atoms with E-state index in [-0.39, 0.29) is 30.6 Å². The van der Waals surface area contributed by atoms with Gasteiger partial charge in [0.05, 0.1) is 13.2 Å². The number of aromatic hydroxyl groups is 4. The number of aliphatic hydroxyl groups is 2. The summed E-state index contributed by atoms with van der Waals surface area (Å²) in [7, 11) is -17.1. The van der Waals surface area contributed by atoms with E-state index in [2.05, 4.69) is 42.5 Å². The molecule has 1 aliphatic heterocycles. The molecule has 33 heteroatoms. The van der Waals surface area contributed by atoms with Crippen LogP contribution in [0, 0.1) is 5.41 Å². The quantitative estimate of drug-likeness (QED) is 0.0153. The molecule has 0 aliphatic carbocycles. The van der Waals surface area contributed by atoms with Gasteiger partial charge in [-0.05, 0) is 47.5 Å². The number of nitrogen functional groups attached to an aromatic ring is 1. The Bertz CT molecular complexity index is 2910. The minimum atomic E-state index is -5.83. The number of nitrogens with zero attached hydrogens (tertiary/aromatic N) is 4. The molecule has 3 heterocycles. The largest absolute Gasteiger partial charge is 0.504 e. The zero-order valence-corrected chi connectivity index (χ0v) is 41.0. The highest BCUT2D eigenvalue weighted by molar-refractivity contribution is 7.80. The molecule has 2 unspecified atom stereocenters. The predicted molar refractivity (Wildman–Crippen MR) is 250 cm³/mol. The minimum Gasteiger partial charge on any atom is -0.504 e. The number of thiol groups is 1. The second kappa shape index (κ2) is 23.5. The van der Waals surface area contributed by atoms with Gasteiger partial charge in [-0.3, -0.25) is 37.3 Å². The maximum Gasteiger partial charge on any atom is 0.481 e. The molecule has 5 rings (SSSR count). The Hall–Kier alpha value is -5.65. The van der Waals surface area contributed by atoms with Gasteiger partial charge in [0.25, 0.3) is 0 Å². The summed E-state index contributed by atoms with van der Waals surface area (Å²) in [4.78, 5) is 104. The van der Waals surface area contributed by atoms with Crippen LogP contribution in [-0.4, -0.2) is 150 Å². The number of rotatable bonds is 24. The highest BCUT2D eigenvalue weighted by atomic mass is 32.1. The number of hydrogen-bond donors (Lipinski definition) is 14. The Labute approximate surface area is 411 Å². The number of carbonyl (C=O) groups is 4. The van der Waals surface area contributed by atoms with Gasteiger partial charge in [0, 0.05) is 30.7 Å². The zero-order valence-electron chi connectivity index (χ0n) is 37.4. The summed E-state index contributed by atoms with van der Waals surface area (Å²) in [6.07, 6.45) is -6.76. The van der Waals surface area contributed by atoms with Gasteiger partial charge in [-0.1, -0.05) is 38.1 Å². The van der Waals surface area contributed by atoms with Gasteiger partial charge in [0.2, 0.25) is 29.2 Å². The van der Waals surface area contributed by atoms with Gasteiger partial charge in [0.15, 0.2) is 52.0 Å². The monoisotopic (exact) mass is 1090 g/mol. The Kier molecular flexibility index (Phi) is 18.7. The average molecular weight is 1090 g/mol. The normalized spacial score (nSPS) is 19.6. The second-order valence-electron chi connectivity index (χ2n) is 16.0. The maximum absolute atomic E-state index is 13.9. The number of phenols is 4. The molecule has 1 saturated heterocycles. The minimum absolute atomic E-state index is 0.156. The lowest BCUT2D eigenvalue weighted by Crippen LogP contribution is -2.46. The first-order valence-electron chi connectivity index (χ1n) is 20.6. The molecular formula is C39H48N7O22P3S. The number of amides is 2. The van der Waals surface area contributed by atoms with E-state index in [9.17, 15) is 83.1 Å². The average Bonchev–Trinajstić information content (AvgIpc) is 3.82. The molecular weight excluding hydrogens is 1040 g/mol. The third kappa shape index (κ3) is 15.2. The summed E-state index contributed by atoms with van der Waals surface area (Å²) in [6, 6.07) is 7.07. The standard InChI is InChI=1S/C39H48N7O22P3S/c1-39(2,32(55)37(56)42-12-11-28(53)41-13-14-72)18-65-71(62,63)68-70(60,61)64-17-27-31(67-69(57,58)59)30(54)38(66-27)46-35(24(50)10-6-20-4-8-22(48)26(52)16-20)43-29-33(40)44-34(45-36(29)46)23(49)9-5-19-3-7-21(47)25(51)15-19/h3-10,15-16,27,30-32,38,47-48,51-52,54-55,72H,11-14,17-18H2,1-2H3,(H,41,53)(H,42,56)(H,60,61)(H,62,63)(H2,40,44,45)(H2,57,58,59)/b9-5+,10-6+/t27-,30-,31-,32+,38-/m1/s1. The molecule has 0 saturated carbocycles. The third-order valence-electron chi connectivity index (χ3n) is 9.97. The lowest BCUT2D eigenvalue weighted by Gasteiger charge is -2.30. The zero-order chi connectivity index (χ0) is 53.5. The summed E-state index contributed by atoms with van der Waals surface area (Å²) < 4.78 is 63.4. The third-order valence-corrected chi connectivity index (χ3v) is 13.3. The van der Waals surface area contributed by atoms with Gasteiger partial charge in [-0.25, -0.2) is 28.6 Å². The van der Waals surface area contributed by atoms with Crippen molar-refractivity contribution in [2.75, 3.05) is 37.8 Å². The number of ketones is 2. The fraction of sp³-hybridized carbons (Fsp3) is 0.359. The Morgan fingerprint density at radius 2 is 1.44 bits per heavy atom. The van der Waals surface area contributed by atoms with Crippen LogP contribution < -0.4 is 16.4 Å². The molecule has 1 aliphatic rings. The van der Waals surface area contributed by atoms with Gasteiger partial charge < -0.3 is 71.3 Å². The number of nitrogens with one attached hydrogen (secondary N) is 2. The van der Waals surface area contributed by atoms with Gasteiger partial charge in [-0.2, -0.15) is 16.9 Å². The molecule has 72 heavy (non-hydrogen) atoms. The number of phosphoric acid groups is 3. The number of phosphoric ester groups is 3. The van der Waals surface area contributed by atoms with Crippen molar-refractivity contribution in [1.82, 2.24) is 30.2 Å². The summed E-state index contributed by atoms with van der Waals surface area (Å²) in [5.74, 6) is -7.06. The van der Waals surface area contributed by atoms with Crippen LogP contribution in [0.3, 0.4) is 0 Å². The molecule has 2 aromatic carbocycles. The molecule has 0 spiro atoms. The molecule has 2 amide bonds. The first kappa shape index (κ1) is 57.3. The Morgan fingerprint density at radius 3 is 2.01 bits per heavy atom. The van der Waals surface area contributed by atoms with Crippen LogP contribution in [0.1, 0.15) is 58.9 Å². The number of nitrogens with two attached hydrogens (primary N) is 1. The Morgan fingerprint density at radius 1 is 0.861 bits per heavy atom. The Balaban J connectivity index is 1.42. The van der Waals surface area contributed by atoms with Crippen LogP contribution >= 0.6 is 36.1 Å². The highest BCUT2D eigenvalue weighted by Crippen LogP contribution is 2.61. The van der Waals surface area contributed by atoms with Crippen LogP contribution in [0.25, 0.3) is 23.3 Å². The number of phenolic OH excluding ortho intramolecular Hbond substituents is 4. The molecule has 2 aromatic heterocycles. The number of allylic oxidation sites excluding steroid dienone is 2. The van der Waals surface area contributed by atoms with Crippen molar-refractivity contribution in [1.29, 1.82) is 0 Å². The van der Waals surface area contributed by atoms with Crippen molar-refractivity contribution < 1.29 is 106 Å². The van der Waals surface area contributed by atoms with E-state index in [1.807, 2.05) is 0 Å². The van der Waals surface area contributed by atoms with Crippen LogP contribution in [-0.2, 0) is 45.9 Å². The van der Waals surface area contributed by atoms with Gasteiger partial charge in [0.1, 0.15) is 24.4 Å². The number of carbonyl (C=O) groups excluding carboxylic acids is 4. The number of fused-ring (bicyclic) bond motifs is 1. The molecule has 0 radical (unpaired) electrons. The number of hydrogen-bond acceptors (Lipinski definition) is 23. The molecule has 1 fully saturated rings. The molecule has 4 aromatic rings. The predicted octanol–water partition coefficient (Wildman–Crippen LogP) is 0.949. The van der Waals surface area contributed by atoms with Gasteiger partial charge >= 0.3 is 23.5 Å². The van der Waals surface area contributed by atoms with Crippen molar-refractivity contribution >= 4 is 88.6 Å². The van der Waals surface area contributed by atoms with E-state index in [1.165, 1.54) is 32.1 Å². The fourth-order valence-electron chi connectivity index (χ4n) is 6.36. The van der Waals surface area contributed by atoms with Crippen LogP contribution in [0.5, 0.6) is 23.0 Å². The molecule has 29 nitrogen and oxygen atoms in total. The fourth-order valence-corrected chi connectivity index (χ4v) is 9.30. The summed E-state index contributed by atoms with van der Waals surface area (Å²) >= 11 is 3.96.